The highest BCUT2D eigenvalue weighted by Crippen LogP contribution is 2.13. The van der Waals surface area contributed by atoms with Crippen LogP contribution < -0.4 is 5.73 Å². The minimum absolute atomic E-state index is 0.323. The zero-order chi connectivity index (χ0) is 13.5. The van der Waals surface area contributed by atoms with Gasteiger partial charge >= 0.3 is 0 Å². The molecule has 1 unspecified atom stereocenters. The van der Waals surface area contributed by atoms with E-state index in [2.05, 4.69) is 28.9 Å². The lowest BCUT2D eigenvalue weighted by Crippen LogP contribution is -2.41. The summed E-state index contributed by atoms with van der Waals surface area (Å²) in [5.41, 5.74) is 7.59. The minimum atomic E-state index is -0.323. The van der Waals surface area contributed by atoms with Gasteiger partial charge < -0.3 is 10.5 Å². The molecule has 0 saturated carbocycles. The molecule has 4 heteroatoms. The third-order valence-corrected chi connectivity index (χ3v) is 3.03. The Labute approximate surface area is 113 Å². The van der Waals surface area contributed by atoms with Crippen LogP contribution in [-0.2, 0) is 11.3 Å². The second-order valence-corrected chi connectivity index (χ2v) is 4.39. The van der Waals surface area contributed by atoms with E-state index >= 15 is 0 Å². The molecule has 0 aliphatic carbocycles. The molecule has 1 saturated heterocycles. The first-order valence-corrected chi connectivity index (χ1v) is 6.34. The van der Waals surface area contributed by atoms with Crippen molar-refractivity contribution in [1.82, 2.24) is 4.90 Å². The van der Waals surface area contributed by atoms with Gasteiger partial charge in [-0.15, -0.1) is 0 Å². The van der Waals surface area contributed by atoms with Gasteiger partial charge in [-0.1, -0.05) is 30.0 Å². The van der Waals surface area contributed by atoms with E-state index in [1.54, 1.807) is 0 Å². The molecule has 1 heterocycles. The highest BCUT2D eigenvalue weighted by molar-refractivity contribution is 5.41. The number of hydrogen-bond donors (Lipinski definition) is 1. The van der Waals surface area contributed by atoms with Gasteiger partial charge in [-0.3, -0.25) is 4.90 Å². The van der Waals surface area contributed by atoms with Crippen LogP contribution in [0.4, 0.5) is 0 Å². The van der Waals surface area contributed by atoms with Crippen LogP contribution in [-0.4, -0.2) is 37.2 Å². The Hall–Kier alpha value is -1.85. The number of nitrogens with two attached hydrogens (primary N) is 1. The summed E-state index contributed by atoms with van der Waals surface area (Å²) in [6.07, 6.45) is -0.323. The van der Waals surface area contributed by atoms with Crippen LogP contribution in [0.3, 0.4) is 0 Å². The van der Waals surface area contributed by atoms with Crippen molar-refractivity contribution in [2.24, 2.45) is 5.73 Å². The van der Waals surface area contributed by atoms with Crippen LogP contribution in [0, 0.1) is 23.2 Å². The maximum absolute atomic E-state index is 8.91. The minimum Gasteiger partial charge on any atom is -0.361 e. The van der Waals surface area contributed by atoms with Gasteiger partial charge in [0.1, 0.15) is 0 Å². The molecule has 1 aliphatic rings. The average Bonchev–Trinajstić information content (AvgIpc) is 2.46. The molecule has 2 N–H and O–H groups in total. The van der Waals surface area contributed by atoms with E-state index in [0.29, 0.717) is 19.7 Å². The van der Waals surface area contributed by atoms with Gasteiger partial charge in [-0.2, -0.15) is 5.26 Å². The Morgan fingerprint density at radius 2 is 2.26 bits per heavy atom. The van der Waals surface area contributed by atoms with E-state index in [1.165, 1.54) is 5.56 Å². The number of ether oxygens (including phenoxy) is 1. The third kappa shape index (κ3) is 3.81. The quantitative estimate of drug-likeness (QED) is 0.791. The van der Waals surface area contributed by atoms with Crippen molar-refractivity contribution in [1.29, 1.82) is 5.26 Å². The first-order valence-electron chi connectivity index (χ1n) is 6.34. The van der Waals surface area contributed by atoms with Crippen molar-refractivity contribution in [2.45, 2.75) is 12.6 Å². The molecule has 0 radical (unpaired) electrons. The Morgan fingerprint density at radius 1 is 1.42 bits per heavy atom. The van der Waals surface area contributed by atoms with Gasteiger partial charge in [0.25, 0.3) is 0 Å². The van der Waals surface area contributed by atoms with Crippen molar-refractivity contribution < 1.29 is 4.74 Å². The van der Waals surface area contributed by atoms with Gasteiger partial charge in [0.15, 0.2) is 6.10 Å². The Morgan fingerprint density at radius 3 is 3.05 bits per heavy atom. The zero-order valence-corrected chi connectivity index (χ0v) is 10.8. The van der Waals surface area contributed by atoms with E-state index in [4.69, 9.17) is 15.7 Å². The summed E-state index contributed by atoms with van der Waals surface area (Å²) >= 11 is 0. The van der Waals surface area contributed by atoms with E-state index in [-0.39, 0.29) is 6.10 Å². The molecule has 98 valence electrons. The van der Waals surface area contributed by atoms with Crippen molar-refractivity contribution in [3.63, 3.8) is 0 Å². The molecule has 4 nitrogen and oxygen atoms in total. The van der Waals surface area contributed by atoms with Crippen LogP contribution >= 0.6 is 0 Å². The highest BCUT2D eigenvalue weighted by Gasteiger charge is 2.20. The van der Waals surface area contributed by atoms with Gasteiger partial charge in [0, 0.05) is 25.2 Å². The lowest BCUT2D eigenvalue weighted by molar-refractivity contribution is -0.00271. The summed E-state index contributed by atoms with van der Waals surface area (Å²) < 4.78 is 5.34. The van der Waals surface area contributed by atoms with E-state index in [0.717, 1.165) is 18.7 Å². The predicted molar refractivity (Wildman–Crippen MR) is 73.0 cm³/mol. The lowest BCUT2D eigenvalue weighted by Gasteiger charge is -2.29. The molecule has 1 aromatic carbocycles. The lowest BCUT2D eigenvalue weighted by atomic mass is 10.1. The summed E-state index contributed by atoms with van der Waals surface area (Å²) in [7, 11) is 0. The molecule has 1 fully saturated rings. The Kier molecular flexibility index (Phi) is 4.94. The summed E-state index contributed by atoms with van der Waals surface area (Å²) in [6.45, 7) is 3.25. The molecule has 1 aliphatic heterocycles. The van der Waals surface area contributed by atoms with Crippen LogP contribution in [0.15, 0.2) is 24.3 Å². The summed E-state index contributed by atoms with van der Waals surface area (Å²) in [5.74, 6) is 5.97. The monoisotopic (exact) mass is 255 g/mol. The maximum Gasteiger partial charge on any atom is 0.156 e. The largest absolute Gasteiger partial charge is 0.361 e. The van der Waals surface area contributed by atoms with Crippen molar-refractivity contribution in [2.75, 3.05) is 26.2 Å². The number of rotatable bonds is 2. The van der Waals surface area contributed by atoms with Crippen LogP contribution in [0.2, 0.25) is 0 Å². The fourth-order valence-corrected chi connectivity index (χ4v) is 2.09. The number of nitriles is 1. The summed E-state index contributed by atoms with van der Waals surface area (Å²) in [6, 6.07) is 10.2. The smallest absolute Gasteiger partial charge is 0.156 e. The van der Waals surface area contributed by atoms with E-state index < -0.39 is 0 Å². The third-order valence-electron chi connectivity index (χ3n) is 3.03. The van der Waals surface area contributed by atoms with Crippen LogP contribution in [0.5, 0.6) is 0 Å². The predicted octanol–water partition coefficient (Wildman–Crippen LogP) is 0.721. The molecule has 0 amide bonds. The standard InChI is InChI=1S/C15H17N3O/c16-7-3-6-13-4-1-2-5-14(13)11-18-8-9-19-15(10-17)12-18/h1-2,4-5,15H,7-9,11-12,16H2. The van der Waals surface area contributed by atoms with Gasteiger partial charge in [-0.05, 0) is 11.6 Å². The van der Waals surface area contributed by atoms with E-state index in [9.17, 15) is 0 Å². The fraction of sp³-hybridized carbons (Fsp3) is 0.400. The van der Waals surface area contributed by atoms with E-state index in [1.807, 2.05) is 18.2 Å². The van der Waals surface area contributed by atoms with Crippen molar-refractivity contribution in [3.8, 4) is 17.9 Å². The Bertz CT molecular complexity index is 524. The second kappa shape index (κ2) is 6.92. The van der Waals surface area contributed by atoms with Gasteiger partial charge in [0.05, 0.1) is 19.2 Å². The fourth-order valence-electron chi connectivity index (χ4n) is 2.09. The SMILES string of the molecule is N#CC1CN(Cc2ccccc2C#CCN)CCO1. The average molecular weight is 255 g/mol. The first kappa shape index (κ1) is 13.6. The molecule has 19 heavy (non-hydrogen) atoms. The van der Waals surface area contributed by atoms with Crippen LogP contribution in [0.25, 0.3) is 0 Å². The highest BCUT2D eigenvalue weighted by atomic mass is 16.5. The summed E-state index contributed by atoms with van der Waals surface area (Å²) in [4.78, 5) is 2.22. The zero-order valence-electron chi connectivity index (χ0n) is 10.8. The second-order valence-electron chi connectivity index (χ2n) is 4.39. The molecule has 1 atom stereocenters. The van der Waals surface area contributed by atoms with Crippen molar-refractivity contribution >= 4 is 0 Å². The number of morpholine rings is 1. The molecule has 0 spiro atoms. The number of hydrogen-bond acceptors (Lipinski definition) is 4. The molecule has 2 rings (SSSR count). The summed E-state index contributed by atoms with van der Waals surface area (Å²) in [5, 5.41) is 8.91. The van der Waals surface area contributed by atoms with Gasteiger partial charge in [-0.25, -0.2) is 0 Å². The molecular formula is C15H17N3O. The molecule has 1 aromatic rings. The molecular weight excluding hydrogens is 238 g/mol. The normalized spacial score (nSPS) is 19.3. The Balaban J connectivity index is 2.08. The molecule has 0 bridgehead atoms. The number of nitrogens with zero attached hydrogens (tertiary/aromatic N) is 2. The van der Waals surface area contributed by atoms with Crippen molar-refractivity contribution in [3.05, 3.63) is 35.4 Å². The van der Waals surface area contributed by atoms with Crippen LogP contribution in [0.1, 0.15) is 11.1 Å². The maximum atomic E-state index is 8.91. The topological polar surface area (TPSA) is 62.3 Å². The number of benzene rings is 1. The molecule has 0 aromatic heterocycles. The van der Waals surface area contributed by atoms with Gasteiger partial charge in [0.2, 0.25) is 0 Å². The first-order chi connectivity index (χ1) is 9.33.